The van der Waals surface area contributed by atoms with Crippen LogP contribution in [0.15, 0.2) is 18.2 Å². The molecule has 1 amide bonds. The van der Waals surface area contributed by atoms with E-state index >= 15 is 0 Å². The summed E-state index contributed by atoms with van der Waals surface area (Å²) in [6.07, 6.45) is 0. The van der Waals surface area contributed by atoms with Crippen molar-refractivity contribution in [2.45, 2.75) is 5.51 Å². The fourth-order valence-electron chi connectivity index (χ4n) is 1.52. The highest BCUT2D eigenvalue weighted by Crippen LogP contribution is 2.28. The van der Waals surface area contributed by atoms with Crippen molar-refractivity contribution in [3.05, 3.63) is 33.9 Å². The van der Waals surface area contributed by atoms with Crippen LogP contribution < -0.4 is 4.72 Å². The maximum absolute atomic E-state index is 12.2. The largest absolute Gasteiger partial charge is 0.516 e. The molecule has 2 rings (SSSR count). The quantitative estimate of drug-likeness (QED) is 0.863. The van der Waals surface area contributed by atoms with E-state index in [4.69, 9.17) is 23.2 Å². The standard InChI is InChI=1S/C10H5Cl2F3N2O3S/c11-4-1-6(12)5-3-8(16-7(5)2-4)9(18)17-21(19,20)10(13,14)15/h1-3,16H,(H,17,18). The Balaban J connectivity index is 2.40. The molecule has 11 heteroatoms. The molecular formula is C10H5Cl2F3N2O3S. The van der Waals surface area contributed by atoms with Crippen LogP contribution >= 0.6 is 23.2 Å². The maximum atomic E-state index is 12.2. The summed E-state index contributed by atoms with van der Waals surface area (Å²) >= 11 is 11.6. The summed E-state index contributed by atoms with van der Waals surface area (Å²) in [6.45, 7) is 0. The van der Waals surface area contributed by atoms with Crippen molar-refractivity contribution >= 4 is 50.0 Å². The van der Waals surface area contributed by atoms with E-state index in [0.717, 1.165) is 10.8 Å². The van der Waals surface area contributed by atoms with Crippen LogP contribution in [-0.4, -0.2) is 24.8 Å². The SMILES string of the molecule is O=C(NS(=O)(=O)C(F)(F)F)c1cc2c(Cl)cc(Cl)cc2[nH]1. The van der Waals surface area contributed by atoms with Gasteiger partial charge in [-0.15, -0.1) is 0 Å². The summed E-state index contributed by atoms with van der Waals surface area (Å²) in [5.41, 5.74) is -5.71. The van der Waals surface area contributed by atoms with Gasteiger partial charge >= 0.3 is 15.5 Å². The molecular weight excluding hydrogens is 356 g/mol. The maximum Gasteiger partial charge on any atom is 0.516 e. The minimum atomic E-state index is -5.78. The van der Waals surface area contributed by atoms with Gasteiger partial charge in [0.05, 0.1) is 5.02 Å². The second-order valence-corrected chi connectivity index (χ2v) is 6.43. The molecule has 0 atom stereocenters. The molecule has 1 aromatic carbocycles. The van der Waals surface area contributed by atoms with Crippen LogP contribution in [0, 0.1) is 0 Å². The van der Waals surface area contributed by atoms with Crippen molar-refractivity contribution in [1.82, 2.24) is 9.71 Å². The molecule has 0 bridgehead atoms. The van der Waals surface area contributed by atoms with Crippen LogP contribution in [0.2, 0.25) is 10.0 Å². The molecule has 0 saturated carbocycles. The van der Waals surface area contributed by atoms with Gasteiger partial charge in [-0.1, -0.05) is 23.2 Å². The number of alkyl halides is 3. The first kappa shape index (κ1) is 15.9. The number of nitrogens with one attached hydrogen (secondary N) is 2. The number of fused-ring (bicyclic) bond motifs is 1. The Kier molecular flexibility index (Phi) is 3.85. The molecule has 0 aliphatic carbocycles. The highest BCUT2D eigenvalue weighted by molar-refractivity contribution is 7.90. The average molecular weight is 361 g/mol. The van der Waals surface area contributed by atoms with Crippen LogP contribution in [0.3, 0.4) is 0 Å². The smallest absolute Gasteiger partial charge is 0.350 e. The Labute approximate surface area is 126 Å². The lowest BCUT2D eigenvalue weighted by Gasteiger charge is -2.08. The third-order valence-corrected chi connectivity index (χ3v) is 4.02. The molecule has 0 radical (unpaired) electrons. The molecule has 5 nitrogen and oxygen atoms in total. The molecule has 114 valence electrons. The first-order chi connectivity index (χ1) is 9.51. The summed E-state index contributed by atoms with van der Waals surface area (Å²) in [6, 6.07) is 3.88. The predicted molar refractivity (Wildman–Crippen MR) is 70.8 cm³/mol. The summed E-state index contributed by atoms with van der Waals surface area (Å²) < 4.78 is 59.2. The van der Waals surface area contributed by atoms with Crippen LogP contribution in [0.1, 0.15) is 10.5 Å². The number of carbonyl (C=O) groups excluding carboxylic acids is 1. The van der Waals surface area contributed by atoms with Crippen LogP contribution in [0.4, 0.5) is 13.2 Å². The summed E-state index contributed by atoms with van der Waals surface area (Å²) in [5, 5.41) is 0.714. The number of halogens is 5. The summed E-state index contributed by atoms with van der Waals surface area (Å²) in [4.78, 5) is 14.0. The van der Waals surface area contributed by atoms with Gasteiger partial charge in [0.25, 0.3) is 5.91 Å². The number of amides is 1. The number of hydrogen-bond acceptors (Lipinski definition) is 3. The van der Waals surface area contributed by atoms with E-state index in [2.05, 4.69) is 4.98 Å². The first-order valence-corrected chi connectivity index (χ1v) is 7.36. The molecule has 1 heterocycles. The molecule has 0 fully saturated rings. The van der Waals surface area contributed by atoms with E-state index in [1.807, 2.05) is 0 Å². The van der Waals surface area contributed by atoms with E-state index in [1.54, 1.807) is 0 Å². The zero-order chi connectivity index (χ0) is 16.0. The van der Waals surface area contributed by atoms with Gasteiger partial charge in [-0.3, -0.25) is 4.79 Å². The fraction of sp³-hybridized carbons (Fsp3) is 0.100. The third kappa shape index (κ3) is 3.09. The number of H-pyrrole nitrogens is 1. The number of aromatic amines is 1. The molecule has 0 saturated heterocycles. The Morgan fingerprint density at radius 1 is 1.19 bits per heavy atom. The highest BCUT2D eigenvalue weighted by atomic mass is 35.5. The van der Waals surface area contributed by atoms with E-state index < -0.39 is 27.1 Å². The molecule has 1 aromatic heterocycles. The second-order valence-electron chi connectivity index (χ2n) is 3.91. The molecule has 2 N–H and O–H groups in total. The molecule has 21 heavy (non-hydrogen) atoms. The van der Waals surface area contributed by atoms with E-state index in [1.165, 1.54) is 12.1 Å². The van der Waals surface area contributed by atoms with E-state index in [9.17, 15) is 26.4 Å². The van der Waals surface area contributed by atoms with Crippen molar-refractivity contribution < 1.29 is 26.4 Å². The van der Waals surface area contributed by atoms with Crippen LogP contribution in [0.25, 0.3) is 10.9 Å². The van der Waals surface area contributed by atoms with Gasteiger partial charge < -0.3 is 4.98 Å². The lowest BCUT2D eigenvalue weighted by atomic mass is 10.2. The Morgan fingerprint density at radius 3 is 2.38 bits per heavy atom. The zero-order valence-corrected chi connectivity index (χ0v) is 12.1. The van der Waals surface area contributed by atoms with E-state index in [0.29, 0.717) is 5.39 Å². The van der Waals surface area contributed by atoms with Crippen molar-refractivity contribution in [3.8, 4) is 0 Å². The Hall–Kier alpha value is -1.45. The second kappa shape index (κ2) is 5.08. The zero-order valence-electron chi connectivity index (χ0n) is 9.75. The summed E-state index contributed by atoms with van der Waals surface area (Å²) in [5.74, 6) is -1.46. The van der Waals surface area contributed by atoms with Crippen LogP contribution in [-0.2, 0) is 10.0 Å². The average Bonchev–Trinajstić information content (AvgIpc) is 2.70. The van der Waals surface area contributed by atoms with Gasteiger partial charge in [-0.25, -0.2) is 4.72 Å². The van der Waals surface area contributed by atoms with Gasteiger partial charge in [-0.05, 0) is 18.2 Å². The number of rotatable bonds is 2. The molecule has 0 aliphatic heterocycles. The normalized spacial score (nSPS) is 12.6. The number of hydrogen-bond donors (Lipinski definition) is 2. The van der Waals surface area contributed by atoms with Gasteiger partial charge in [-0.2, -0.15) is 21.6 Å². The van der Waals surface area contributed by atoms with Gasteiger partial charge in [0.2, 0.25) is 0 Å². The molecule has 0 aliphatic rings. The predicted octanol–water partition coefficient (Wildman–Crippen LogP) is 3.05. The first-order valence-electron chi connectivity index (χ1n) is 5.12. The molecule has 2 aromatic rings. The van der Waals surface area contributed by atoms with Gasteiger partial charge in [0.1, 0.15) is 5.69 Å². The number of aromatic nitrogens is 1. The van der Waals surface area contributed by atoms with Gasteiger partial charge in [0.15, 0.2) is 0 Å². The van der Waals surface area contributed by atoms with Crippen LogP contribution in [0.5, 0.6) is 0 Å². The van der Waals surface area contributed by atoms with Crippen molar-refractivity contribution in [2.24, 2.45) is 0 Å². The summed E-state index contributed by atoms with van der Waals surface area (Å²) in [7, 11) is -5.78. The molecule has 0 unspecified atom stereocenters. The topological polar surface area (TPSA) is 79.0 Å². The monoisotopic (exact) mass is 360 g/mol. The Bertz CT molecular complexity index is 830. The lowest BCUT2D eigenvalue weighted by Crippen LogP contribution is -2.40. The van der Waals surface area contributed by atoms with E-state index in [-0.39, 0.29) is 15.6 Å². The lowest BCUT2D eigenvalue weighted by molar-refractivity contribution is -0.0446. The van der Waals surface area contributed by atoms with Crippen molar-refractivity contribution in [3.63, 3.8) is 0 Å². The minimum Gasteiger partial charge on any atom is -0.350 e. The highest BCUT2D eigenvalue weighted by Gasteiger charge is 2.47. The molecule has 0 spiro atoms. The third-order valence-electron chi connectivity index (χ3n) is 2.43. The minimum absolute atomic E-state index is 0.159. The Morgan fingerprint density at radius 2 is 1.81 bits per heavy atom. The van der Waals surface area contributed by atoms with Crippen molar-refractivity contribution in [1.29, 1.82) is 0 Å². The van der Waals surface area contributed by atoms with Crippen molar-refractivity contribution in [2.75, 3.05) is 0 Å². The fourth-order valence-corrected chi connectivity index (χ4v) is 2.54. The number of benzene rings is 1. The van der Waals surface area contributed by atoms with Gasteiger partial charge in [0, 0.05) is 15.9 Å². The number of sulfonamides is 1. The number of carbonyl (C=O) groups is 1.